The molecule has 0 aromatic carbocycles. The highest BCUT2D eigenvalue weighted by atomic mass is 16.5. The van der Waals surface area contributed by atoms with Gasteiger partial charge in [0.1, 0.15) is 12.1 Å². The molecule has 21 heavy (non-hydrogen) atoms. The van der Waals surface area contributed by atoms with Gasteiger partial charge in [-0.1, -0.05) is 20.8 Å². The summed E-state index contributed by atoms with van der Waals surface area (Å²) in [5, 5.41) is 2.64. The summed E-state index contributed by atoms with van der Waals surface area (Å²) in [6.45, 7) is 9.67. The molecule has 1 heterocycles. The first-order valence-electron chi connectivity index (χ1n) is 7.46. The summed E-state index contributed by atoms with van der Waals surface area (Å²) >= 11 is 0. The molecule has 120 valence electrons. The molecule has 1 N–H and O–H groups in total. The standard InChI is InChI=1S/C15H26N2O4/c1-6-21-13(19)10(2)16-12(18)11-8-7-9-17(11)14(20)15(3,4)5/h10-11H,6-9H2,1-5H3,(H,16,18). The van der Waals surface area contributed by atoms with Crippen LogP contribution in [0.1, 0.15) is 47.5 Å². The van der Waals surface area contributed by atoms with Gasteiger partial charge in [-0.2, -0.15) is 0 Å². The molecule has 6 heteroatoms. The molecule has 2 atom stereocenters. The fraction of sp³-hybridized carbons (Fsp3) is 0.800. The van der Waals surface area contributed by atoms with Gasteiger partial charge in [0, 0.05) is 12.0 Å². The maximum absolute atomic E-state index is 12.4. The molecular weight excluding hydrogens is 272 g/mol. The zero-order valence-electron chi connectivity index (χ0n) is 13.6. The van der Waals surface area contributed by atoms with E-state index in [0.717, 1.165) is 6.42 Å². The van der Waals surface area contributed by atoms with Crippen LogP contribution in [0.3, 0.4) is 0 Å². The van der Waals surface area contributed by atoms with Crippen molar-refractivity contribution >= 4 is 17.8 Å². The van der Waals surface area contributed by atoms with Crippen molar-refractivity contribution in [2.45, 2.75) is 59.5 Å². The van der Waals surface area contributed by atoms with Crippen LogP contribution in [-0.4, -0.2) is 47.9 Å². The molecule has 2 unspecified atom stereocenters. The zero-order chi connectivity index (χ0) is 16.2. The zero-order valence-corrected chi connectivity index (χ0v) is 13.6. The van der Waals surface area contributed by atoms with E-state index in [9.17, 15) is 14.4 Å². The third kappa shape index (κ3) is 4.44. The molecule has 1 saturated heterocycles. The van der Waals surface area contributed by atoms with Gasteiger partial charge >= 0.3 is 5.97 Å². The van der Waals surface area contributed by atoms with Gasteiger partial charge in [-0.15, -0.1) is 0 Å². The second-order valence-electron chi connectivity index (χ2n) is 6.39. The Balaban J connectivity index is 2.69. The van der Waals surface area contributed by atoms with Gasteiger partial charge in [0.15, 0.2) is 0 Å². The molecule has 1 fully saturated rings. The number of amides is 2. The van der Waals surface area contributed by atoms with Crippen LogP contribution < -0.4 is 5.32 Å². The fourth-order valence-electron chi connectivity index (χ4n) is 2.35. The van der Waals surface area contributed by atoms with Crippen molar-refractivity contribution < 1.29 is 19.1 Å². The van der Waals surface area contributed by atoms with Crippen LogP contribution in [0.5, 0.6) is 0 Å². The fourth-order valence-corrected chi connectivity index (χ4v) is 2.35. The molecule has 1 aliphatic heterocycles. The van der Waals surface area contributed by atoms with Crippen LogP contribution in [0.4, 0.5) is 0 Å². The first-order valence-corrected chi connectivity index (χ1v) is 7.46. The molecule has 0 aromatic rings. The van der Waals surface area contributed by atoms with Crippen molar-refractivity contribution in [1.82, 2.24) is 10.2 Å². The highest BCUT2D eigenvalue weighted by Crippen LogP contribution is 2.25. The van der Waals surface area contributed by atoms with E-state index in [1.807, 2.05) is 20.8 Å². The predicted molar refractivity (Wildman–Crippen MR) is 78.4 cm³/mol. The van der Waals surface area contributed by atoms with Crippen molar-refractivity contribution in [2.75, 3.05) is 13.2 Å². The lowest BCUT2D eigenvalue weighted by atomic mass is 9.94. The molecule has 0 radical (unpaired) electrons. The van der Waals surface area contributed by atoms with Crippen molar-refractivity contribution in [3.8, 4) is 0 Å². The highest BCUT2D eigenvalue weighted by molar-refractivity contribution is 5.92. The number of nitrogens with one attached hydrogen (secondary N) is 1. The van der Waals surface area contributed by atoms with Gasteiger partial charge < -0.3 is 15.0 Å². The largest absolute Gasteiger partial charge is 0.464 e. The number of likely N-dealkylation sites (tertiary alicyclic amines) is 1. The van der Waals surface area contributed by atoms with Gasteiger partial charge in [-0.25, -0.2) is 4.79 Å². The van der Waals surface area contributed by atoms with E-state index < -0.39 is 23.5 Å². The van der Waals surface area contributed by atoms with Crippen LogP contribution in [-0.2, 0) is 19.1 Å². The van der Waals surface area contributed by atoms with Crippen molar-refractivity contribution in [3.63, 3.8) is 0 Å². The van der Waals surface area contributed by atoms with Crippen molar-refractivity contribution in [2.24, 2.45) is 5.41 Å². The molecule has 0 spiro atoms. The Morgan fingerprint density at radius 1 is 1.33 bits per heavy atom. The summed E-state index contributed by atoms with van der Waals surface area (Å²) in [6.07, 6.45) is 1.43. The van der Waals surface area contributed by atoms with Crippen molar-refractivity contribution in [3.05, 3.63) is 0 Å². The Labute approximate surface area is 126 Å². The molecule has 6 nitrogen and oxygen atoms in total. The summed E-state index contributed by atoms with van der Waals surface area (Å²) in [5.41, 5.74) is -0.518. The third-order valence-corrected chi connectivity index (χ3v) is 3.46. The van der Waals surface area contributed by atoms with E-state index in [0.29, 0.717) is 13.0 Å². The van der Waals surface area contributed by atoms with Gasteiger partial charge in [0.2, 0.25) is 11.8 Å². The number of nitrogens with zero attached hydrogens (tertiary/aromatic N) is 1. The van der Waals surface area contributed by atoms with Gasteiger partial charge in [-0.3, -0.25) is 9.59 Å². The maximum atomic E-state index is 12.4. The second kappa shape index (κ2) is 6.91. The van der Waals surface area contributed by atoms with E-state index in [1.54, 1.807) is 18.7 Å². The highest BCUT2D eigenvalue weighted by Gasteiger charge is 2.39. The molecule has 1 rings (SSSR count). The monoisotopic (exact) mass is 298 g/mol. The van der Waals surface area contributed by atoms with E-state index in [4.69, 9.17) is 4.74 Å². The summed E-state index contributed by atoms with van der Waals surface area (Å²) in [5.74, 6) is -0.785. The van der Waals surface area contributed by atoms with Crippen LogP contribution in [0.2, 0.25) is 0 Å². The normalized spacial score (nSPS) is 20.0. The minimum atomic E-state index is -0.704. The van der Waals surface area contributed by atoms with E-state index in [2.05, 4.69) is 5.32 Å². The van der Waals surface area contributed by atoms with Crippen LogP contribution >= 0.6 is 0 Å². The Kier molecular flexibility index (Phi) is 5.75. The van der Waals surface area contributed by atoms with Crippen LogP contribution in [0.25, 0.3) is 0 Å². The first-order chi connectivity index (χ1) is 9.68. The molecule has 0 aliphatic carbocycles. The number of esters is 1. The van der Waals surface area contributed by atoms with E-state index in [-0.39, 0.29) is 18.4 Å². The molecule has 2 amide bonds. The van der Waals surface area contributed by atoms with E-state index >= 15 is 0 Å². The molecule has 0 saturated carbocycles. The number of rotatable bonds is 4. The SMILES string of the molecule is CCOC(=O)C(C)NC(=O)C1CCCN1C(=O)C(C)(C)C. The number of hydrogen-bond donors (Lipinski definition) is 1. The minimum absolute atomic E-state index is 0.0380. The summed E-state index contributed by atoms with van der Waals surface area (Å²) < 4.78 is 4.86. The van der Waals surface area contributed by atoms with Gasteiger partial charge in [-0.05, 0) is 26.7 Å². The minimum Gasteiger partial charge on any atom is -0.464 e. The number of carbonyl (C=O) groups excluding carboxylic acids is 3. The lowest BCUT2D eigenvalue weighted by Gasteiger charge is -2.30. The Morgan fingerprint density at radius 3 is 2.48 bits per heavy atom. The summed E-state index contributed by atoms with van der Waals surface area (Å²) in [7, 11) is 0. The lowest BCUT2D eigenvalue weighted by Crippen LogP contribution is -2.52. The average Bonchev–Trinajstić information content (AvgIpc) is 2.85. The second-order valence-corrected chi connectivity index (χ2v) is 6.39. The Hall–Kier alpha value is -1.59. The Morgan fingerprint density at radius 2 is 1.95 bits per heavy atom. The lowest BCUT2D eigenvalue weighted by molar-refractivity contribution is -0.148. The molecule has 0 bridgehead atoms. The van der Waals surface area contributed by atoms with Crippen molar-refractivity contribution in [1.29, 1.82) is 0 Å². The van der Waals surface area contributed by atoms with Gasteiger partial charge in [0.05, 0.1) is 6.61 Å². The molecule has 1 aliphatic rings. The van der Waals surface area contributed by atoms with E-state index in [1.165, 1.54) is 0 Å². The quantitative estimate of drug-likeness (QED) is 0.788. The van der Waals surface area contributed by atoms with Gasteiger partial charge in [0.25, 0.3) is 0 Å². The first kappa shape index (κ1) is 17.5. The van der Waals surface area contributed by atoms with Crippen LogP contribution in [0.15, 0.2) is 0 Å². The summed E-state index contributed by atoms with van der Waals surface area (Å²) in [6, 6.07) is -1.20. The summed E-state index contributed by atoms with van der Waals surface area (Å²) in [4.78, 5) is 37.8. The Bertz CT molecular complexity index is 414. The smallest absolute Gasteiger partial charge is 0.328 e. The van der Waals surface area contributed by atoms with Crippen LogP contribution in [0, 0.1) is 5.41 Å². The maximum Gasteiger partial charge on any atom is 0.328 e. The topological polar surface area (TPSA) is 75.7 Å². The molecular formula is C15H26N2O4. The predicted octanol–water partition coefficient (Wildman–Crippen LogP) is 1.09. The molecule has 0 aromatic heterocycles. The third-order valence-electron chi connectivity index (χ3n) is 3.46. The number of hydrogen-bond acceptors (Lipinski definition) is 4. The average molecular weight is 298 g/mol. The number of carbonyl (C=O) groups is 3. The number of ether oxygens (including phenoxy) is 1.